The molecule has 0 bridgehead atoms. The molecule has 1 saturated heterocycles. The van der Waals surface area contributed by atoms with Gasteiger partial charge in [-0.1, -0.05) is 0 Å². The summed E-state index contributed by atoms with van der Waals surface area (Å²) in [6.45, 7) is 1.39. The summed E-state index contributed by atoms with van der Waals surface area (Å²) in [5.41, 5.74) is 6.21. The van der Waals surface area contributed by atoms with E-state index in [9.17, 15) is 4.79 Å². The minimum absolute atomic E-state index is 0. The van der Waals surface area contributed by atoms with Crippen molar-refractivity contribution < 1.29 is 19.0 Å². The van der Waals surface area contributed by atoms with E-state index in [1.165, 1.54) is 0 Å². The van der Waals surface area contributed by atoms with Gasteiger partial charge in [-0.05, 0) is 48.7 Å². The topological polar surface area (TPSA) is 95.7 Å². The molecule has 1 aliphatic heterocycles. The second-order valence-electron chi connectivity index (χ2n) is 6.23. The molecular weight excluding hydrogens is 405 g/mol. The minimum atomic E-state index is -0.853. The Morgan fingerprint density at radius 2 is 1.82 bits per heavy atom. The van der Waals surface area contributed by atoms with E-state index in [4.69, 9.17) is 19.9 Å². The van der Waals surface area contributed by atoms with Crippen molar-refractivity contribution in [3.05, 3.63) is 48.2 Å². The molecule has 0 unspecified atom stereocenters. The van der Waals surface area contributed by atoms with Crippen LogP contribution in [0.2, 0.25) is 0 Å². The standard InChI is InChI=1S/C19H23N3O4.2ClH/c1-24-15-2-4-16(5-3-15)26-17-12-14(6-9-21-17)13-22-18(23)19(20)7-10-25-11-8-19;;/h2-6,9,12H,7-8,10-11,13,20H2,1H3,(H,22,23);2*1H. The van der Waals surface area contributed by atoms with Crippen molar-refractivity contribution in [2.45, 2.75) is 24.9 Å². The zero-order valence-electron chi connectivity index (χ0n) is 15.6. The van der Waals surface area contributed by atoms with Crippen molar-refractivity contribution >= 4 is 30.7 Å². The van der Waals surface area contributed by atoms with E-state index in [1.54, 1.807) is 31.5 Å². The van der Waals surface area contributed by atoms with E-state index in [-0.39, 0.29) is 30.7 Å². The molecule has 1 fully saturated rings. The molecule has 0 aliphatic carbocycles. The molecule has 3 N–H and O–H groups in total. The van der Waals surface area contributed by atoms with Crippen LogP contribution in [0.4, 0.5) is 0 Å². The number of carbonyl (C=O) groups excluding carboxylic acids is 1. The monoisotopic (exact) mass is 429 g/mol. The molecule has 1 aliphatic rings. The van der Waals surface area contributed by atoms with Crippen LogP contribution in [-0.2, 0) is 16.1 Å². The van der Waals surface area contributed by atoms with Crippen LogP contribution in [0.5, 0.6) is 17.4 Å². The van der Waals surface area contributed by atoms with E-state index < -0.39 is 5.54 Å². The Labute approximate surface area is 176 Å². The summed E-state index contributed by atoms with van der Waals surface area (Å²) < 4.78 is 16.1. The minimum Gasteiger partial charge on any atom is -0.497 e. The van der Waals surface area contributed by atoms with Gasteiger partial charge in [-0.3, -0.25) is 4.79 Å². The highest BCUT2D eigenvalue weighted by Gasteiger charge is 2.35. The van der Waals surface area contributed by atoms with Crippen LogP contribution in [0.3, 0.4) is 0 Å². The number of halogens is 2. The van der Waals surface area contributed by atoms with Crippen LogP contribution in [0.15, 0.2) is 42.6 Å². The number of hydrogen-bond donors (Lipinski definition) is 2. The van der Waals surface area contributed by atoms with Crippen LogP contribution in [0, 0.1) is 0 Å². The molecule has 0 radical (unpaired) electrons. The number of ether oxygens (including phenoxy) is 3. The molecule has 28 heavy (non-hydrogen) atoms. The average Bonchev–Trinajstić information content (AvgIpc) is 2.67. The smallest absolute Gasteiger partial charge is 0.240 e. The number of carbonyl (C=O) groups is 1. The third-order valence-electron chi connectivity index (χ3n) is 4.37. The number of rotatable bonds is 6. The number of nitrogens with two attached hydrogens (primary N) is 1. The average molecular weight is 430 g/mol. The van der Waals surface area contributed by atoms with Crippen molar-refractivity contribution in [1.82, 2.24) is 10.3 Å². The van der Waals surface area contributed by atoms with E-state index in [0.717, 1.165) is 11.3 Å². The third kappa shape index (κ3) is 6.24. The number of aromatic nitrogens is 1. The lowest BCUT2D eigenvalue weighted by Crippen LogP contribution is -2.56. The molecule has 0 spiro atoms. The Morgan fingerprint density at radius 1 is 1.18 bits per heavy atom. The summed E-state index contributed by atoms with van der Waals surface area (Å²) in [6.07, 6.45) is 2.70. The van der Waals surface area contributed by atoms with Gasteiger partial charge in [0, 0.05) is 32.0 Å². The Kier molecular flexibility index (Phi) is 9.48. The number of nitrogens with zero attached hydrogens (tertiary/aromatic N) is 1. The number of methoxy groups -OCH3 is 1. The molecule has 1 amide bonds. The Bertz CT molecular complexity index is 753. The van der Waals surface area contributed by atoms with Gasteiger partial charge < -0.3 is 25.3 Å². The molecule has 7 nitrogen and oxygen atoms in total. The van der Waals surface area contributed by atoms with Gasteiger partial charge in [0.1, 0.15) is 11.5 Å². The number of amides is 1. The molecule has 9 heteroatoms. The number of hydrogen-bond acceptors (Lipinski definition) is 6. The van der Waals surface area contributed by atoms with Gasteiger partial charge in [0.15, 0.2) is 0 Å². The summed E-state index contributed by atoms with van der Waals surface area (Å²) in [6, 6.07) is 10.9. The highest BCUT2D eigenvalue weighted by atomic mass is 35.5. The van der Waals surface area contributed by atoms with Crippen LogP contribution in [0.25, 0.3) is 0 Å². The molecular formula is C19H25Cl2N3O4. The predicted octanol–water partition coefficient (Wildman–Crippen LogP) is 2.85. The normalized spacial score (nSPS) is 14.8. The molecule has 2 heterocycles. The summed E-state index contributed by atoms with van der Waals surface area (Å²) in [5, 5.41) is 2.90. The van der Waals surface area contributed by atoms with Gasteiger partial charge in [-0.15, -0.1) is 24.8 Å². The van der Waals surface area contributed by atoms with E-state index in [1.807, 2.05) is 18.2 Å². The van der Waals surface area contributed by atoms with Crippen molar-refractivity contribution in [2.75, 3.05) is 20.3 Å². The molecule has 0 saturated carbocycles. The maximum Gasteiger partial charge on any atom is 0.240 e. The van der Waals surface area contributed by atoms with Gasteiger partial charge in [0.25, 0.3) is 0 Å². The first-order valence-electron chi connectivity index (χ1n) is 8.51. The fourth-order valence-corrected chi connectivity index (χ4v) is 2.70. The van der Waals surface area contributed by atoms with Crippen molar-refractivity contribution in [3.63, 3.8) is 0 Å². The van der Waals surface area contributed by atoms with Crippen LogP contribution in [0.1, 0.15) is 18.4 Å². The lowest BCUT2D eigenvalue weighted by atomic mass is 9.90. The van der Waals surface area contributed by atoms with Gasteiger partial charge in [-0.2, -0.15) is 0 Å². The first-order chi connectivity index (χ1) is 12.6. The predicted molar refractivity (Wildman–Crippen MR) is 111 cm³/mol. The van der Waals surface area contributed by atoms with E-state index in [0.29, 0.717) is 44.2 Å². The fourth-order valence-electron chi connectivity index (χ4n) is 2.70. The zero-order valence-corrected chi connectivity index (χ0v) is 17.2. The SMILES string of the molecule is COc1ccc(Oc2cc(CNC(=O)C3(N)CCOCC3)ccn2)cc1.Cl.Cl. The van der Waals surface area contributed by atoms with Gasteiger partial charge in [-0.25, -0.2) is 4.98 Å². The first kappa shape index (κ1) is 24.0. The number of nitrogens with one attached hydrogen (secondary N) is 1. The van der Waals surface area contributed by atoms with Crippen LogP contribution < -0.4 is 20.5 Å². The van der Waals surface area contributed by atoms with Crippen LogP contribution >= 0.6 is 24.8 Å². The second kappa shape index (κ2) is 11.1. The number of pyridine rings is 1. The maximum absolute atomic E-state index is 12.4. The van der Waals surface area contributed by atoms with Crippen molar-refractivity contribution in [1.29, 1.82) is 0 Å². The number of benzene rings is 1. The summed E-state index contributed by atoms with van der Waals surface area (Å²) in [5.74, 6) is 1.71. The van der Waals surface area contributed by atoms with E-state index >= 15 is 0 Å². The molecule has 154 valence electrons. The Morgan fingerprint density at radius 3 is 2.46 bits per heavy atom. The highest BCUT2D eigenvalue weighted by Crippen LogP contribution is 2.23. The van der Waals surface area contributed by atoms with Gasteiger partial charge >= 0.3 is 0 Å². The first-order valence-corrected chi connectivity index (χ1v) is 8.51. The van der Waals surface area contributed by atoms with Crippen molar-refractivity contribution in [3.8, 4) is 17.4 Å². The lowest BCUT2D eigenvalue weighted by Gasteiger charge is -2.31. The molecule has 1 aromatic carbocycles. The van der Waals surface area contributed by atoms with Crippen molar-refractivity contribution in [2.24, 2.45) is 5.73 Å². The molecule has 2 aromatic rings. The fraction of sp³-hybridized carbons (Fsp3) is 0.368. The second-order valence-corrected chi connectivity index (χ2v) is 6.23. The quantitative estimate of drug-likeness (QED) is 0.732. The molecule has 3 rings (SSSR count). The summed E-state index contributed by atoms with van der Waals surface area (Å²) in [7, 11) is 1.61. The molecule has 0 atom stereocenters. The summed E-state index contributed by atoms with van der Waals surface area (Å²) in [4.78, 5) is 16.6. The van der Waals surface area contributed by atoms with Gasteiger partial charge in [0.2, 0.25) is 11.8 Å². The third-order valence-corrected chi connectivity index (χ3v) is 4.37. The largest absolute Gasteiger partial charge is 0.497 e. The van der Waals surface area contributed by atoms with Crippen LogP contribution in [-0.4, -0.2) is 36.8 Å². The lowest BCUT2D eigenvalue weighted by molar-refractivity contribution is -0.129. The Hall–Kier alpha value is -2.06. The highest BCUT2D eigenvalue weighted by molar-refractivity contribution is 5.86. The Balaban J connectivity index is 0.00000196. The zero-order chi connectivity index (χ0) is 18.4. The molecule has 1 aromatic heterocycles. The van der Waals surface area contributed by atoms with Gasteiger partial charge in [0.05, 0.1) is 12.6 Å². The maximum atomic E-state index is 12.4. The van der Waals surface area contributed by atoms with E-state index in [2.05, 4.69) is 10.3 Å². The summed E-state index contributed by atoms with van der Waals surface area (Å²) >= 11 is 0.